The number of amidine groups is 1. The number of hydrogen-bond acceptors (Lipinski definition) is 8. The van der Waals surface area contributed by atoms with Crippen LogP contribution in [0.3, 0.4) is 0 Å². The van der Waals surface area contributed by atoms with Crippen molar-refractivity contribution in [2.75, 3.05) is 37.5 Å². The minimum atomic E-state index is 0.135. The molecule has 0 spiro atoms. The van der Waals surface area contributed by atoms with Gasteiger partial charge in [0.25, 0.3) is 0 Å². The van der Waals surface area contributed by atoms with Crippen molar-refractivity contribution in [3.63, 3.8) is 0 Å². The number of rotatable bonds is 5. The van der Waals surface area contributed by atoms with E-state index in [2.05, 4.69) is 22.2 Å². The Bertz CT molecular complexity index is 863. The summed E-state index contributed by atoms with van der Waals surface area (Å²) in [5, 5.41) is 5.76. The van der Waals surface area contributed by atoms with Crippen LogP contribution in [0.15, 0.2) is 35.3 Å². The number of nitrogens with two attached hydrogens (primary N) is 2. The molecule has 2 aliphatic rings. The van der Waals surface area contributed by atoms with E-state index in [0.29, 0.717) is 5.17 Å². The number of thioether (sulfide) groups is 1. The maximum absolute atomic E-state index is 5.69. The van der Waals surface area contributed by atoms with Gasteiger partial charge in [-0.3, -0.25) is 5.14 Å². The Hall–Kier alpha value is -1.81. The Morgan fingerprint density at radius 1 is 1.18 bits per heavy atom. The van der Waals surface area contributed by atoms with Gasteiger partial charge in [-0.25, -0.2) is 15.0 Å². The summed E-state index contributed by atoms with van der Waals surface area (Å²) >= 11 is 2.82. The highest BCUT2D eigenvalue weighted by atomic mass is 32.2. The molecule has 2 fully saturated rings. The van der Waals surface area contributed by atoms with E-state index >= 15 is 0 Å². The highest BCUT2D eigenvalue weighted by Gasteiger charge is 2.45. The summed E-state index contributed by atoms with van der Waals surface area (Å²) in [5.41, 5.74) is 8.53. The highest BCUT2D eigenvalue weighted by Crippen LogP contribution is 2.55. The van der Waals surface area contributed by atoms with Crippen LogP contribution in [0.1, 0.15) is 18.5 Å². The van der Waals surface area contributed by atoms with Crippen LogP contribution in [0.4, 0.5) is 11.5 Å². The van der Waals surface area contributed by atoms with Crippen molar-refractivity contribution in [2.24, 2.45) is 15.9 Å². The average molecular weight is 417 g/mol. The largest absolute Gasteiger partial charge is 0.378 e. The predicted octanol–water partition coefficient (Wildman–Crippen LogP) is 2.89. The van der Waals surface area contributed by atoms with Crippen molar-refractivity contribution in [1.82, 2.24) is 9.97 Å². The van der Waals surface area contributed by atoms with Crippen LogP contribution in [0.2, 0.25) is 0 Å². The van der Waals surface area contributed by atoms with Crippen LogP contribution in [0, 0.1) is 0 Å². The predicted molar refractivity (Wildman–Crippen MR) is 118 cm³/mol. The first-order chi connectivity index (χ1) is 13.6. The van der Waals surface area contributed by atoms with E-state index in [9.17, 15) is 0 Å². The summed E-state index contributed by atoms with van der Waals surface area (Å²) in [6.07, 6.45) is 4.49. The van der Waals surface area contributed by atoms with Gasteiger partial charge in [-0.1, -0.05) is 0 Å². The zero-order valence-corrected chi connectivity index (χ0v) is 17.4. The molecule has 1 aromatic heterocycles. The van der Waals surface area contributed by atoms with E-state index in [0.717, 1.165) is 79.7 Å². The van der Waals surface area contributed by atoms with Gasteiger partial charge in [-0.05, 0) is 55.3 Å². The van der Waals surface area contributed by atoms with E-state index in [-0.39, 0.29) is 4.75 Å². The minimum Gasteiger partial charge on any atom is -0.378 e. The third-order valence-corrected chi connectivity index (χ3v) is 6.83. The second kappa shape index (κ2) is 8.28. The maximum atomic E-state index is 5.69. The molecule has 1 aliphatic heterocycles. The molecule has 0 atom stereocenters. The van der Waals surface area contributed by atoms with Crippen molar-refractivity contribution in [3.05, 3.63) is 36.0 Å². The average Bonchev–Trinajstić information content (AvgIpc) is 3.56. The summed E-state index contributed by atoms with van der Waals surface area (Å²) in [6.45, 7) is 3.17. The number of aromatic nitrogens is 2. The topological polar surface area (TPSA) is 103 Å². The van der Waals surface area contributed by atoms with Crippen LogP contribution < -0.4 is 15.8 Å². The minimum absolute atomic E-state index is 0.135. The molecule has 148 valence electrons. The Kier molecular flexibility index (Phi) is 5.77. The lowest BCUT2D eigenvalue weighted by atomic mass is 10.1. The van der Waals surface area contributed by atoms with E-state index < -0.39 is 0 Å². The molecule has 0 amide bonds. The summed E-state index contributed by atoms with van der Waals surface area (Å²) in [5.74, 6) is 1.73. The standard InChI is InChI=1S/C19H24N6OS2/c1-27-19(6-7-19)15-12-16(25-8-10-26-11-9-25)24-17(23-15)13-2-4-14(5-3-13)22-18(20)28-21/h2-5,12H,6-11,21H2,1H3,(H2,20,22). The molecule has 4 N–H and O–H groups in total. The van der Waals surface area contributed by atoms with Crippen LogP contribution in [0.5, 0.6) is 0 Å². The Morgan fingerprint density at radius 2 is 1.89 bits per heavy atom. The van der Waals surface area contributed by atoms with Gasteiger partial charge < -0.3 is 15.4 Å². The molecule has 0 bridgehead atoms. The third-order valence-electron chi connectivity index (χ3n) is 5.09. The van der Waals surface area contributed by atoms with Crippen molar-refractivity contribution < 1.29 is 4.74 Å². The van der Waals surface area contributed by atoms with E-state index in [1.54, 1.807) is 0 Å². The fourth-order valence-electron chi connectivity index (χ4n) is 3.27. The lowest BCUT2D eigenvalue weighted by Crippen LogP contribution is -2.37. The van der Waals surface area contributed by atoms with E-state index in [4.69, 9.17) is 25.6 Å². The van der Waals surface area contributed by atoms with Crippen molar-refractivity contribution in [1.29, 1.82) is 0 Å². The Balaban J connectivity index is 1.70. The second-order valence-corrected chi connectivity index (χ2v) is 8.69. The Morgan fingerprint density at radius 3 is 2.50 bits per heavy atom. The summed E-state index contributed by atoms with van der Waals surface area (Å²) < 4.78 is 5.63. The number of aliphatic imine (C=N–C) groups is 1. The molecule has 1 aliphatic carbocycles. The maximum Gasteiger partial charge on any atom is 0.174 e. The SMILES string of the molecule is CSC1(c2cc(N3CCOCC3)nc(-c3ccc(N=C(N)SN)cc3)n2)CC1. The van der Waals surface area contributed by atoms with E-state index in [1.807, 2.05) is 36.0 Å². The normalized spacial score (nSPS) is 18.9. The number of morpholine rings is 1. The molecule has 1 aromatic carbocycles. The van der Waals surface area contributed by atoms with Gasteiger partial charge in [0.2, 0.25) is 0 Å². The number of benzene rings is 1. The fourth-order valence-corrected chi connectivity index (χ4v) is 4.25. The first-order valence-electron chi connectivity index (χ1n) is 9.22. The number of ether oxygens (including phenoxy) is 1. The molecule has 1 saturated carbocycles. The van der Waals surface area contributed by atoms with Gasteiger partial charge in [0.05, 0.1) is 29.3 Å². The molecule has 0 unspecified atom stereocenters. The fraction of sp³-hybridized carbons (Fsp3) is 0.421. The van der Waals surface area contributed by atoms with Crippen LogP contribution >= 0.6 is 23.7 Å². The zero-order chi connectivity index (χ0) is 19.6. The molecule has 7 nitrogen and oxygen atoms in total. The molecule has 2 aromatic rings. The third kappa shape index (κ3) is 4.12. The summed E-state index contributed by atoms with van der Waals surface area (Å²) in [4.78, 5) is 16.3. The lowest BCUT2D eigenvalue weighted by molar-refractivity contribution is 0.122. The van der Waals surface area contributed by atoms with Crippen LogP contribution in [-0.2, 0) is 9.48 Å². The quantitative estimate of drug-likeness (QED) is 0.436. The molecule has 28 heavy (non-hydrogen) atoms. The lowest BCUT2D eigenvalue weighted by Gasteiger charge is -2.29. The summed E-state index contributed by atoms with van der Waals surface area (Å²) in [6, 6.07) is 9.94. The van der Waals surface area contributed by atoms with Gasteiger partial charge in [-0.2, -0.15) is 11.8 Å². The molecule has 4 rings (SSSR count). The van der Waals surface area contributed by atoms with Gasteiger partial charge in [0.15, 0.2) is 11.0 Å². The van der Waals surface area contributed by atoms with Gasteiger partial charge >= 0.3 is 0 Å². The summed E-state index contributed by atoms with van der Waals surface area (Å²) in [7, 11) is 0. The van der Waals surface area contributed by atoms with Gasteiger partial charge in [0.1, 0.15) is 5.82 Å². The first-order valence-corrected chi connectivity index (χ1v) is 11.3. The number of nitrogens with zero attached hydrogens (tertiary/aromatic N) is 4. The zero-order valence-electron chi connectivity index (χ0n) is 15.8. The molecule has 2 heterocycles. The van der Waals surface area contributed by atoms with Crippen molar-refractivity contribution >= 4 is 40.4 Å². The van der Waals surface area contributed by atoms with Crippen molar-refractivity contribution in [3.8, 4) is 11.4 Å². The van der Waals surface area contributed by atoms with Gasteiger partial charge in [-0.15, -0.1) is 0 Å². The smallest absolute Gasteiger partial charge is 0.174 e. The molecule has 1 saturated heterocycles. The van der Waals surface area contributed by atoms with Crippen molar-refractivity contribution in [2.45, 2.75) is 17.6 Å². The molecular formula is C19H24N6OS2. The Labute approximate surface area is 173 Å². The van der Waals surface area contributed by atoms with Gasteiger partial charge in [0, 0.05) is 24.7 Å². The first kappa shape index (κ1) is 19.5. The highest BCUT2D eigenvalue weighted by molar-refractivity contribution is 8.11. The van der Waals surface area contributed by atoms with E-state index in [1.165, 1.54) is 0 Å². The molecule has 9 heteroatoms. The van der Waals surface area contributed by atoms with Crippen LogP contribution in [0.25, 0.3) is 11.4 Å². The number of anilines is 1. The molecule has 0 radical (unpaired) electrons. The number of hydrogen-bond donors (Lipinski definition) is 2. The monoisotopic (exact) mass is 416 g/mol. The van der Waals surface area contributed by atoms with Crippen LogP contribution in [-0.4, -0.2) is 47.7 Å². The second-order valence-electron chi connectivity index (χ2n) is 6.85. The molecular weight excluding hydrogens is 392 g/mol.